The predicted molar refractivity (Wildman–Crippen MR) is 118 cm³/mol. The van der Waals surface area contributed by atoms with Crippen LogP contribution in [0.1, 0.15) is 5.56 Å². The first-order valence-corrected chi connectivity index (χ1v) is 10.3. The lowest BCUT2D eigenvalue weighted by Crippen LogP contribution is -3.15. The Balaban J connectivity index is 1.21. The molecule has 0 unspecified atom stereocenters. The van der Waals surface area contributed by atoms with E-state index < -0.39 is 0 Å². The van der Waals surface area contributed by atoms with Crippen molar-refractivity contribution in [2.75, 3.05) is 42.9 Å². The summed E-state index contributed by atoms with van der Waals surface area (Å²) in [4.78, 5) is 20.4. The number of hydrogen-bond acceptors (Lipinski definition) is 4. The van der Waals surface area contributed by atoms with Gasteiger partial charge in [-0.05, 0) is 42.0 Å². The molecule has 1 aliphatic heterocycles. The number of benzene rings is 2. The third-order valence-corrected chi connectivity index (χ3v) is 5.24. The number of hydrogen-bond donors (Lipinski definition) is 2. The SMILES string of the molecule is O=C(C[NH+]1CCN(c2ccccn2)CC1)Nc1ccc(OCc2ccccc2)cc1. The largest absolute Gasteiger partial charge is 0.489 e. The number of aromatic nitrogens is 1. The van der Waals surface area contributed by atoms with E-state index in [4.69, 9.17) is 4.74 Å². The molecule has 0 aliphatic carbocycles. The highest BCUT2D eigenvalue weighted by Gasteiger charge is 2.22. The van der Waals surface area contributed by atoms with Gasteiger partial charge in [-0.15, -0.1) is 0 Å². The van der Waals surface area contributed by atoms with E-state index in [0.29, 0.717) is 13.2 Å². The van der Waals surface area contributed by atoms with Gasteiger partial charge >= 0.3 is 0 Å². The Bertz CT molecular complexity index is 924. The molecule has 30 heavy (non-hydrogen) atoms. The number of carbonyl (C=O) groups excluding carboxylic acids is 1. The average molecular weight is 404 g/mol. The van der Waals surface area contributed by atoms with Crippen LogP contribution in [0.5, 0.6) is 5.75 Å². The van der Waals surface area contributed by atoms with Crippen molar-refractivity contribution in [3.8, 4) is 5.75 Å². The summed E-state index contributed by atoms with van der Waals surface area (Å²) in [5, 5.41) is 2.99. The Morgan fingerprint density at radius 1 is 0.967 bits per heavy atom. The van der Waals surface area contributed by atoms with Gasteiger partial charge < -0.3 is 19.9 Å². The molecule has 4 rings (SSSR count). The fourth-order valence-corrected chi connectivity index (χ4v) is 3.58. The van der Waals surface area contributed by atoms with Crippen LogP contribution in [0.25, 0.3) is 0 Å². The summed E-state index contributed by atoms with van der Waals surface area (Å²) >= 11 is 0. The second kappa shape index (κ2) is 9.89. The van der Waals surface area contributed by atoms with E-state index >= 15 is 0 Å². The molecule has 3 aromatic rings. The van der Waals surface area contributed by atoms with Crippen LogP contribution in [0, 0.1) is 0 Å². The second-order valence-corrected chi connectivity index (χ2v) is 7.45. The number of rotatable bonds is 7. The van der Waals surface area contributed by atoms with Gasteiger partial charge in [-0.1, -0.05) is 36.4 Å². The molecular formula is C24H27N4O2+. The highest BCUT2D eigenvalue weighted by molar-refractivity contribution is 5.91. The summed E-state index contributed by atoms with van der Waals surface area (Å²) < 4.78 is 5.79. The van der Waals surface area contributed by atoms with Crippen molar-refractivity contribution in [1.82, 2.24) is 4.98 Å². The quantitative estimate of drug-likeness (QED) is 0.634. The van der Waals surface area contributed by atoms with Crippen molar-refractivity contribution in [2.45, 2.75) is 6.61 Å². The van der Waals surface area contributed by atoms with Crippen LogP contribution >= 0.6 is 0 Å². The predicted octanol–water partition coefficient (Wildman–Crippen LogP) is 2.00. The zero-order chi connectivity index (χ0) is 20.6. The van der Waals surface area contributed by atoms with Gasteiger partial charge in [0.1, 0.15) is 18.2 Å². The Morgan fingerprint density at radius 2 is 1.70 bits per heavy atom. The first-order valence-electron chi connectivity index (χ1n) is 10.3. The number of carbonyl (C=O) groups is 1. The molecule has 2 heterocycles. The van der Waals surface area contributed by atoms with E-state index in [1.165, 1.54) is 4.90 Å². The van der Waals surface area contributed by atoms with E-state index in [1.807, 2.05) is 79.0 Å². The highest BCUT2D eigenvalue weighted by atomic mass is 16.5. The molecule has 0 atom stereocenters. The van der Waals surface area contributed by atoms with Gasteiger partial charge in [0.15, 0.2) is 6.54 Å². The smallest absolute Gasteiger partial charge is 0.279 e. The fraction of sp³-hybridized carbons (Fsp3) is 0.250. The number of anilines is 2. The average Bonchev–Trinajstić information content (AvgIpc) is 2.80. The minimum absolute atomic E-state index is 0.0363. The van der Waals surface area contributed by atoms with Gasteiger partial charge in [-0.25, -0.2) is 4.98 Å². The Morgan fingerprint density at radius 3 is 2.40 bits per heavy atom. The number of nitrogens with zero attached hydrogens (tertiary/aromatic N) is 2. The maximum atomic E-state index is 12.4. The molecule has 1 aliphatic rings. The number of nitrogens with one attached hydrogen (secondary N) is 2. The Labute approximate surface area is 177 Å². The zero-order valence-corrected chi connectivity index (χ0v) is 17.0. The Hall–Kier alpha value is -3.38. The second-order valence-electron chi connectivity index (χ2n) is 7.45. The van der Waals surface area contributed by atoms with E-state index in [-0.39, 0.29) is 5.91 Å². The number of pyridine rings is 1. The summed E-state index contributed by atoms with van der Waals surface area (Å²) in [7, 11) is 0. The molecule has 0 bridgehead atoms. The van der Waals surface area contributed by atoms with Crippen LogP contribution in [0.3, 0.4) is 0 Å². The lowest BCUT2D eigenvalue weighted by molar-refractivity contribution is -0.892. The molecule has 0 spiro atoms. The standard InChI is InChI=1S/C24H26N4O2/c29-24(18-27-14-16-28(17-15-27)23-8-4-5-13-25-23)26-21-9-11-22(12-10-21)30-19-20-6-2-1-3-7-20/h1-13H,14-19H2,(H,26,29)/p+1. The van der Waals surface area contributed by atoms with Crippen LogP contribution in [-0.4, -0.2) is 43.6 Å². The first-order chi connectivity index (χ1) is 14.8. The molecule has 2 N–H and O–H groups in total. The van der Waals surface area contributed by atoms with Gasteiger partial charge in [0.05, 0.1) is 26.2 Å². The summed E-state index contributed by atoms with van der Waals surface area (Å²) in [6.45, 7) is 4.68. The van der Waals surface area contributed by atoms with Crippen molar-refractivity contribution in [3.05, 3.63) is 84.6 Å². The lowest BCUT2D eigenvalue weighted by Gasteiger charge is -2.32. The summed E-state index contributed by atoms with van der Waals surface area (Å²) in [5.74, 6) is 1.83. The summed E-state index contributed by atoms with van der Waals surface area (Å²) in [5.41, 5.74) is 1.92. The number of piperazine rings is 1. The molecule has 0 saturated carbocycles. The van der Waals surface area contributed by atoms with Crippen LogP contribution in [-0.2, 0) is 11.4 Å². The fourth-order valence-electron chi connectivity index (χ4n) is 3.58. The lowest BCUT2D eigenvalue weighted by atomic mass is 10.2. The maximum absolute atomic E-state index is 12.4. The minimum atomic E-state index is 0.0363. The topological polar surface area (TPSA) is 58.9 Å². The highest BCUT2D eigenvalue weighted by Crippen LogP contribution is 2.17. The maximum Gasteiger partial charge on any atom is 0.279 e. The molecule has 2 aromatic carbocycles. The number of ether oxygens (including phenoxy) is 1. The van der Waals surface area contributed by atoms with E-state index in [0.717, 1.165) is 49.0 Å². The van der Waals surface area contributed by atoms with Crippen molar-refractivity contribution in [3.63, 3.8) is 0 Å². The minimum Gasteiger partial charge on any atom is -0.489 e. The molecular weight excluding hydrogens is 376 g/mol. The van der Waals surface area contributed by atoms with Crippen LogP contribution < -0.4 is 19.9 Å². The van der Waals surface area contributed by atoms with Gasteiger partial charge in [-0.2, -0.15) is 0 Å². The molecule has 1 aromatic heterocycles. The van der Waals surface area contributed by atoms with Gasteiger partial charge in [-0.3, -0.25) is 4.79 Å². The van der Waals surface area contributed by atoms with Crippen molar-refractivity contribution in [2.24, 2.45) is 0 Å². The first kappa shape index (κ1) is 19.9. The molecule has 154 valence electrons. The van der Waals surface area contributed by atoms with Gasteiger partial charge in [0.25, 0.3) is 5.91 Å². The zero-order valence-electron chi connectivity index (χ0n) is 17.0. The number of amides is 1. The third-order valence-electron chi connectivity index (χ3n) is 5.24. The molecule has 0 radical (unpaired) electrons. The summed E-state index contributed by atoms with van der Waals surface area (Å²) in [6, 6.07) is 23.6. The molecule has 6 nitrogen and oxygen atoms in total. The van der Waals surface area contributed by atoms with Crippen LogP contribution in [0.2, 0.25) is 0 Å². The molecule has 1 fully saturated rings. The third kappa shape index (κ3) is 5.58. The molecule has 1 amide bonds. The van der Waals surface area contributed by atoms with E-state index in [2.05, 4.69) is 15.2 Å². The van der Waals surface area contributed by atoms with Gasteiger partial charge in [0, 0.05) is 11.9 Å². The van der Waals surface area contributed by atoms with Crippen molar-refractivity contribution >= 4 is 17.4 Å². The monoisotopic (exact) mass is 403 g/mol. The number of quaternary nitrogens is 1. The molecule has 6 heteroatoms. The molecule has 1 saturated heterocycles. The van der Waals surface area contributed by atoms with E-state index in [9.17, 15) is 4.79 Å². The van der Waals surface area contributed by atoms with Gasteiger partial charge in [0.2, 0.25) is 0 Å². The van der Waals surface area contributed by atoms with Crippen molar-refractivity contribution in [1.29, 1.82) is 0 Å². The summed E-state index contributed by atoms with van der Waals surface area (Å²) in [6.07, 6.45) is 1.82. The van der Waals surface area contributed by atoms with E-state index in [1.54, 1.807) is 0 Å². The Kier molecular flexibility index (Phi) is 6.57. The van der Waals surface area contributed by atoms with Crippen LogP contribution in [0.15, 0.2) is 79.0 Å². The van der Waals surface area contributed by atoms with Crippen molar-refractivity contribution < 1.29 is 14.4 Å². The van der Waals surface area contributed by atoms with Crippen LogP contribution in [0.4, 0.5) is 11.5 Å². The normalized spacial score (nSPS) is 14.3.